The number of ether oxygens (including phenoxy) is 2. The summed E-state index contributed by atoms with van der Waals surface area (Å²) in [4.78, 5) is 0.934. The Balaban J connectivity index is 2.93. The first-order valence-electron chi connectivity index (χ1n) is 3.84. The third kappa shape index (κ3) is 2.77. The van der Waals surface area contributed by atoms with Gasteiger partial charge in [-0.25, -0.2) is 0 Å². The molecule has 0 atom stereocenters. The number of methoxy groups -OCH3 is 1. The van der Waals surface area contributed by atoms with Crippen LogP contribution in [0.2, 0.25) is 0 Å². The van der Waals surface area contributed by atoms with Crippen LogP contribution >= 0.6 is 11.8 Å². The van der Waals surface area contributed by atoms with Crippen LogP contribution < -0.4 is 9.47 Å². The fourth-order valence-electron chi connectivity index (χ4n) is 0.968. The van der Waals surface area contributed by atoms with Gasteiger partial charge in [-0.05, 0) is 24.5 Å². The normalized spacial score (nSPS) is 10.4. The molecule has 1 rings (SSSR count). The summed E-state index contributed by atoms with van der Waals surface area (Å²) in [7, 11) is 1.41. The third-order valence-corrected chi connectivity index (χ3v) is 2.31. The monoisotopic (exact) mass is 220 g/mol. The molecule has 0 radical (unpaired) electrons. The lowest BCUT2D eigenvalue weighted by atomic mass is 10.3. The highest BCUT2D eigenvalue weighted by Crippen LogP contribution is 2.32. The van der Waals surface area contributed by atoms with Crippen molar-refractivity contribution in [1.29, 1.82) is 0 Å². The molecule has 0 saturated carbocycles. The Morgan fingerprint density at radius 3 is 2.50 bits per heavy atom. The summed E-state index contributed by atoms with van der Waals surface area (Å²) in [6.07, 6.45) is 1.89. The summed E-state index contributed by atoms with van der Waals surface area (Å²) in [5.41, 5.74) is 0. The van der Waals surface area contributed by atoms with Gasteiger partial charge in [-0.15, -0.1) is 11.8 Å². The van der Waals surface area contributed by atoms with E-state index in [9.17, 15) is 8.78 Å². The molecule has 0 aliphatic heterocycles. The van der Waals surface area contributed by atoms with Gasteiger partial charge in [-0.3, -0.25) is 0 Å². The first-order valence-corrected chi connectivity index (χ1v) is 5.06. The van der Waals surface area contributed by atoms with Crippen molar-refractivity contribution in [1.82, 2.24) is 0 Å². The Morgan fingerprint density at radius 1 is 1.29 bits per heavy atom. The third-order valence-electron chi connectivity index (χ3n) is 1.59. The number of halogens is 2. The molecule has 2 nitrogen and oxygen atoms in total. The van der Waals surface area contributed by atoms with E-state index in [-0.39, 0.29) is 5.75 Å². The largest absolute Gasteiger partial charge is 0.493 e. The summed E-state index contributed by atoms with van der Waals surface area (Å²) in [6, 6.07) is 4.82. The first kappa shape index (κ1) is 11.1. The second-order valence-corrected chi connectivity index (χ2v) is 3.27. The lowest BCUT2D eigenvalue weighted by molar-refractivity contribution is -0.0512. The second kappa shape index (κ2) is 5.05. The number of rotatable bonds is 4. The highest BCUT2D eigenvalue weighted by molar-refractivity contribution is 7.98. The van der Waals surface area contributed by atoms with Crippen molar-refractivity contribution in [3.8, 4) is 11.5 Å². The van der Waals surface area contributed by atoms with E-state index < -0.39 is 6.61 Å². The molecule has 0 saturated heterocycles. The zero-order valence-electron chi connectivity index (χ0n) is 7.79. The van der Waals surface area contributed by atoms with Crippen molar-refractivity contribution in [2.75, 3.05) is 13.4 Å². The Hall–Kier alpha value is -0.970. The van der Waals surface area contributed by atoms with Crippen molar-refractivity contribution in [3.05, 3.63) is 18.2 Å². The zero-order valence-corrected chi connectivity index (χ0v) is 8.61. The summed E-state index contributed by atoms with van der Waals surface area (Å²) in [6.45, 7) is -2.83. The molecular weight excluding hydrogens is 210 g/mol. The molecule has 0 spiro atoms. The van der Waals surface area contributed by atoms with Gasteiger partial charge in [0.1, 0.15) is 0 Å². The number of benzene rings is 1. The molecule has 0 fully saturated rings. The minimum absolute atomic E-state index is 0.0558. The van der Waals surface area contributed by atoms with Crippen LogP contribution in [-0.2, 0) is 0 Å². The molecule has 0 amide bonds. The Labute approximate surface area is 85.2 Å². The topological polar surface area (TPSA) is 18.5 Å². The van der Waals surface area contributed by atoms with Crippen molar-refractivity contribution >= 4 is 11.8 Å². The minimum atomic E-state index is -2.83. The number of alkyl halides is 2. The molecule has 1 aromatic carbocycles. The molecule has 5 heteroatoms. The summed E-state index contributed by atoms with van der Waals surface area (Å²) in [5, 5.41) is 0. The van der Waals surface area contributed by atoms with E-state index >= 15 is 0 Å². The Kier molecular flexibility index (Phi) is 4.00. The molecule has 0 unspecified atom stereocenters. The van der Waals surface area contributed by atoms with E-state index in [2.05, 4.69) is 4.74 Å². The van der Waals surface area contributed by atoms with Gasteiger partial charge in [-0.1, -0.05) is 0 Å². The number of thioether (sulfide) groups is 1. The second-order valence-electron chi connectivity index (χ2n) is 2.40. The van der Waals surface area contributed by atoms with E-state index in [1.54, 1.807) is 12.1 Å². The lowest BCUT2D eigenvalue weighted by Crippen LogP contribution is -2.03. The molecule has 0 bridgehead atoms. The Morgan fingerprint density at radius 2 is 2.00 bits per heavy atom. The van der Waals surface area contributed by atoms with Gasteiger partial charge >= 0.3 is 6.61 Å². The molecular formula is C9H10F2O2S. The van der Waals surface area contributed by atoms with E-state index in [0.717, 1.165) is 4.90 Å². The van der Waals surface area contributed by atoms with Gasteiger partial charge in [0.05, 0.1) is 7.11 Å². The maximum absolute atomic E-state index is 11.9. The van der Waals surface area contributed by atoms with Crippen molar-refractivity contribution in [2.24, 2.45) is 0 Å². The van der Waals surface area contributed by atoms with Gasteiger partial charge < -0.3 is 9.47 Å². The minimum Gasteiger partial charge on any atom is -0.493 e. The SMILES string of the molecule is COc1cc(SC)ccc1OC(F)F. The van der Waals surface area contributed by atoms with Crippen LogP contribution in [0.5, 0.6) is 11.5 Å². The first-order chi connectivity index (χ1) is 6.67. The average Bonchev–Trinajstić information content (AvgIpc) is 2.17. The highest BCUT2D eigenvalue weighted by atomic mass is 32.2. The van der Waals surface area contributed by atoms with Crippen LogP contribution in [0.3, 0.4) is 0 Å². The van der Waals surface area contributed by atoms with Crippen LogP contribution in [0.1, 0.15) is 0 Å². The summed E-state index contributed by atoms with van der Waals surface area (Å²) < 4.78 is 33.1. The highest BCUT2D eigenvalue weighted by Gasteiger charge is 2.10. The van der Waals surface area contributed by atoms with Crippen LogP contribution in [-0.4, -0.2) is 20.0 Å². The van der Waals surface area contributed by atoms with Crippen LogP contribution in [0.15, 0.2) is 23.1 Å². The van der Waals surface area contributed by atoms with Gasteiger partial charge in [0, 0.05) is 4.90 Å². The van der Waals surface area contributed by atoms with Gasteiger partial charge in [-0.2, -0.15) is 8.78 Å². The quantitative estimate of drug-likeness (QED) is 0.727. The molecule has 0 aliphatic carbocycles. The fraction of sp³-hybridized carbons (Fsp3) is 0.333. The van der Waals surface area contributed by atoms with Crippen LogP contribution in [0.4, 0.5) is 8.78 Å². The maximum atomic E-state index is 11.9. The summed E-state index contributed by atoms with van der Waals surface area (Å²) >= 11 is 1.50. The molecule has 1 aromatic rings. The zero-order chi connectivity index (χ0) is 10.6. The van der Waals surface area contributed by atoms with Gasteiger partial charge in [0.2, 0.25) is 0 Å². The summed E-state index contributed by atoms with van der Waals surface area (Å²) in [5.74, 6) is 0.373. The van der Waals surface area contributed by atoms with E-state index in [1.807, 2.05) is 6.26 Å². The van der Waals surface area contributed by atoms with E-state index in [1.165, 1.54) is 24.9 Å². The smallest absolute Gasteiger partial charge is 0.387 e. The molecule has 14 heavy (non-hydrogen) atoms. The predicted molar refractivity (Wildman–Crippen MR) is 51.4 cm³/mol. The van der Waals surface area contributed by atoms with Crippen molar-refractivity contribution in [3.63, 3.8) is 0 Å². The number of hydrogen-bond acceptors (Lipinski definition) is 3. The molecule has 0 aromatic heterocycles. The predicted octanol–water partition coefficient (Wildman–Crippen LogP) is 3.02. The van der Waals surface area contributed by atoms with Crippen molar-refractivity contribution < 1.29 is 18.3 Å². The standard InChI is InChI=1S/C9H10F2O2S/c1-12-8-5-6(14-2)3-4-7(8)13-9(10)11/h3-5,9H,1-2H3. The van der Waals surface area contributed by atoms with Gasteiger partial charge in [0.15, 0.2) is 11.5 Å². The van der Waals surface area contributed by atoms with E-state index in [0.29, 0.717) is 5.75 Å². The number of hydrogen-bond donors (Lipinski definition) is 0. The molecule has 0 aliphatic rings. The fourth-order valence-corrected chi connectivity index (χ4v) is 1.40. The van der Waals surface area contributed by atoms with E-state index in [4.69, 9.17) is 4.74 Å². The van der Waals surface area contributed by atoms with Crippen LogP contribution in [0.25, 0.3) is 0 Å². The van der Waals surface area contributed by atoms with Crippen molar-refractivity contribution in [2.45, 2.75) is 11.5 Å². The molecule has 0 N–H and O–H groups in total. The lowest BCUT2D eigenvalue weighted by Gasteiger charge is -2.10. The maximum Gasteiger partial charge on any atom is 0.387 e. The van der Waals surface area contributed by atoms with Gasteiger partial charge in [0.25, 0.3) is 0 Å². The van der Waals surface area contributed by atoms with Crippen LogP contribution in [0, 0.1) is 0 Å². The average molecular weight is 220 g/mol. The molecule has 0 heterocycles. The molecule has 78 valence electrons. The Bertz CT molecular complexity index is 305.